The molecule has 0 spiro atoms. The third-order valence-corrected chi connectivity index (χ3v) is 5.82. The number of amides is 1. The van der Waals surface area contributed by atoms with E-state index in [2.05, 4.69) is 25.3 Å². The van der Waals surface area contributed by atoms with Gasteiger partial charge in [-0.1, -0.05) is 23.7 Å². The fourth-order valence-corrected chi connectivity index (χ4v) is 4.10. The summed E-state index contributed by atoms with van der Waals surface area (Å²) in [5, 5.41) is 3.47. The number of fused-ring (bicyclic) bond motifs is 3. The average Bonchev–Trinajstić information content (AvgIpc) is 3.01. The fourth-order valence-electron chi connectivity index (χ4n) is 3.93. The van der Waals surface area contributed by atoms with Gasteiger partial charge in [-0.15, -0.1) is 0 Å². The zero-order chi connectivity index (χ0) is 26.1. The maximum atomic E-state index is 14.7. The molecule has 184 valence electrons. The molecule has 1 aliphatic heterocycles. The molecule has 0 saturated carbocycles. The van der Waals surface area contributed by atoms with Gasteiger partial charge in [-0.05, 0) is 48.5 Å². The van der Waals surface area contributed by atoms with Crippen LogP contribution < -0.4 is 16.8 Å². The standard InChI is InChI=1S/C26H18ClF2N7O/c27-15-6-9-17-18(10-15)23(21-19(28)2-1-3-20(21)29)32-11-14-12-33-26(35-22(14)17)34-16-7-4-13(5-8-16)24(37)36-25(30)31/h1-10,12H,11H2,(H,33,34,35)(H4,30,31,36,37). The molecule has 0 atom stereocenters. The van der Waals surface area contributed by atoms with Crippen LogP contribution in [-0.4, -0.2) is 27.5 Å². The Morgan fingerprint density at radius 1 is 1.00 bits per heavy atom. The Balaban J connectivity index is 1.52. The number of nitrogens with one attached hydrogen (secondary N) is 1. The maximum absolute atomic E-state index is 14.7. The summed E-state index contributed by atoms with van der Waals surface area (Å²) in [5.74, 6) is -2.08. The molecule has 1 aromatic heterocycles. The summed E-state index contributed by atoms with van der Waals surface area (Å²) in [7, 11) is 0. The first-order valence-corrected chi connectivity index (χ1v) is 11.3. The minimum Gasteiger partial charge on any atom is -0.370 e. The topological polar surface area (TPSA) is 132 Å². The lowest BCUT2D eigenvalue weighted by Gasteiger charge is -2.13. The molecule has 37 heavy (non-hydrogen) atoms. The maximum Gasteiger partial charge on any atom is 0.280 e. The van der Waals surface area contributed by atoms with E-state index in [9.17, 15) is 13.6 Å². The average molecular weight is 518 g/mol. The summed E-state index contributed by atoms with van der Waals surface area (Å²) >= 11 is 6.26. The van der Waals surface area contributed by atoms with E-state index in [0.29, 0.717) is 38.7 Å². The Kier molecular flexibility index (Phi) is 6.33. The van der Waals surface area contributed by atoms with Crippen molar-refractivity contribution in [3.8, 4) is 11.3 Å². The third-order valence-electron chi connectivity index (χ3n) is 5.58. The van der Waals surface area contributed by atoms with Crippen LogP contribution in [0.4, 0.5) is 20.4 Å². The second kappa shape index (κ2) is 9.75. The van der Waals surface area contributed by atoms with Gasteiger partial charge in [0.05, 0.1) is 23.5 Å². The molecule has 11 heteroatoms. The van der Waals surface area contributed by atoms with Gasteiger partial charge in [-0.25, -0.2) is 18.7 Å². The molecule has 1 aliphatic rings. The van der Waals surface area contributed by atoms with Gasteiger partial charge in [-0.3, -0.25) is 9.79 Å². The van der Waals surface area contributed by atoms with Crippen LogP contribution in [-0.2, 0) is 6.54 Å². The largest absolute Gasteiger partial charge is 0.370 e. The first-order chi connectivity index (χ1) is 17.8. The predicted molar refractivity (Wildman–Crippen MR) is 138 cm³/mol. The van der Waals surface area contributed by atoms with E-state index in [1.165, 1.54) is 18.2 Å². The molecule has 0 unspecified atom stereocenters. The van der Waals surface area contributed by atoms with E-state index < -0.39 is 17.5 Å². The van der Waals surface area contributed by atoms with Crippen LogP contribution >= 0.6 is 11.6 Å². The molecule has 0 radical (unpaired) electrons. The number of carbonyl (C=O) groups is 1. The van der Waals surface area contributed by atoms with Gasteiger partial charge in [0.15, 0.2) is 5.96 Å². The number of rotatable bonds is 4. The van der Waals surface area contributed by atoms with E-state index in [1.807, 2.05) is 0 Å². The van der Waals surface area contributed by atoms with Crippen LogP contribution in [0.25, 0.3) is 11.3 Å². The number of halogens is 3. The molecule has 5 N–H and O–H groups in total. The van der Waals surface area contributed by atoms with Crippen molar-refractivity contribution in [2.75, 3.05) is 5.32 Å². The van der Waals surface area contributed by atoms with Crippen LogP contribution in [0.5, 0.6) is 0 Å². The van der Waals surface area contributed by atoms with Crippen molar-refractivity contribution in [3.05, 3.63) is 106 Å². The zero-order valence-corrected chi connectivity index (χ0v) is 19.8. The van der Waals surface area contributed by atoms with Crippen molar-refractivity contribution in [1.29, 1.82) is 0 Å². The van der Waals surface area contributed by atoms with Crippen LogP contribution in [0, 0.1) is 11.6 Å². The summed E-state index contributed by atoms with van der Waals surface area (Å²) in [6, 6.07) is 15.1. The second-order valence-corrected chi connectivity index (χ2v) is 8.50. The number of nitrogens with zero attached hydrogens (tertiary/aromatic N) is 4. The van der Waals surface area contributed by atoms with Crippen molar-refractivity contribution in [2.24, 2.45) is 21.5 Å². The smallest absolute Gasteiger partial charge is 0.280 e. The van der Waals surface area contributed by atoms with Crippen molar-refractivity contribution >= 4 is 40.8 Å². The predicted octanol–water partition coefficient (Wildman–Crippen LogP) is 4.58. The van der Waals surface area contributed by atoms with Crippen molar-refractivity contribution in [1.82, 2.24) is 9.97 Å². The normalized spacial score (nSPS) is 12.0. The zero-order valence-electron chi connectivity index (χ0n) is 19.0. The number of aromatic nitrogens is 2. The van der Waals surface area contributed by atoms with Gasteiger partial charge in [0.2, 0.25) is 5.95 Å². The molecule has 0 fully saturated rings. The highest BCUT2D eigenvalue weighted by Gasteiger charge is 2.25. The van der Waals surface area contributed by atoms with Crippen LogP contribution in [0.3, 0.4) is 0 Å². The third kappa shape index (κ3) is 4.87. The van der Waals surface area contributed by atoms with E-state index in [1.54, 1.807) is 48.7 Å². The molecule has 4 aromatic rings. The first kappa shape index (κ1) is 24.0. The number of carbonyl (C=O) groups excluding carboxylic acids is 1. The van der Waals surface area contributed by atoms with Crippen LogP contribution in [0.2, 0.25) is 5.02 Å². The quantitative estimate of drug-likeness (QED) is 0.268. The SMILES string of the molecule is NC(N)=NC(=O)c1ccc(Nc2ncc3c(n2)-c2ccc(Cl)cc2C(c2c(F)cccc2F)=NC3)cc1. The molecule has 1 amide bonds. The first-order valence-electron chi connectivity index (χ1n) is 11.0. The minimum absolute atomic E-state index is 0.104. The lowest BCUT2D eigenvalue weighted by atomic mass is 9.95. The monoisotopic (exact) mass is 517 g/mol. The van der Waals surface area contributed by atoms with Gasteiger partial charge in [-0.2, -0.15) is 4.99 Å². The molecule has 0 bridgehead atoms. The fraction of sp³-hybridized carbons (Fsp3) is 0.0385. The Labute approximate surface area is 214 Å². The molecule has 5 rings (SSSR count). The van der Waals surface area contributed by atoms with Gasteiger partial charge in [0.1, 0.15) is 11.6 Å². The molecule has 2 heterocycles. The van der Waals surface area contributed by atoms with E-state index in [0.717, 1.165) is 0 Å². The molecular weight excluding hydrogens is 500 g/mol. The number of guanidine groups is 1. The van der Waals surface area contributed by atoms with E-state index >= 15 is 0 Å². The summed E-state index contributed by atoms with van der Waals surface area (Å²) < 4.78 is 29.4. The minimum atomic E-state index is -0.731. The van der Waals surface area contributed by atoms with Crippen LogP contribution in [0.1, 0.15) is 27.0 Å². The van der Waals surface area contributed by atoms with Crippen molar-refractivity contribution in [2.45, 2.75) is 6.54 Å². The lowest BCUT2D eigenvalue weighted by Crippen LogP contribution is -2.24. The molecule has 0 saturated heterocycles. The summed E-state index contributed by atoms with van der Waals surface area (Å²) in [4.78, 5) is 29.0. The highest BCUT2D eigenvalue weighted by Crippen LogP contribution is 2.34. The Hall–Kier alpha value is -4.70. The van der Waals surface area contributed by atoms with Crippen LogP contribution in [0.15, 0.2) is 76.8 Å². The number of hydrogen-bond acceptors (Lipinski definition) is 5. The molecular formula is C26H18ClF2N7O. The Morgan fingerprint density at radius 3 is 2.43 bits per heavy atom. The van der Waals surface area contributed by atoms with Gasteiger partial charge in [0.25, 0.3) is 5.91 Å². The number of hydrogen-bond donors (Lipinski definition) is 3. The van der Waals surface area contributed by atoms with Gasteiger partial charge < -0.3 is 16.8 Å². The van der Waals surface area contributed by atoms with E-state index in [-0.39, 0.29) is 29.7 Å². The summed E-state index contributed by atoms with van der Waals surface area (Å²) in [5.41, 5.74) is 13.6. The highest BCUT2D eigenvalue weighted by molar-refractivity contribution is 6.31. The second-order valence-electron chi connectivity index (χ2n) is 8.06. The lowest BCUT2D eigenvalue weighted by molar-refractivity contribution is 0.100. The number of aliphatic imine (C=N–C) groups is 2. The van der Waals surface area contributed by atoms with Crippen molar-refractivity contribution < 1.29 is 13.6 Å². The summed E-state index contributed by atoms with van der Waals surface area (Å²) in [6.07, 6.45) is 1.60. The molecule has 8 nitrogen and oxygen atoms in total. The number of anilines is 2. The Morgan fingerprint density at radius 2 is 1.73 bits per heavy atom. The summed E-state index contributed by atoms with van der Waals surface area (Å²) in [6.45, 7) is 0.104. The molecule has 0 aliphatic carbocycles. The molecule has 3 aromatic carbocycles. The number of nitrogens with two attached hydrogens (primary N) is 2. The number of benzene rings is 3. The van der Waals surface area contributed by atoms with Gasteiger partial charge >= 0.3 is 0 Å². The van der Waals surface area contributed by atoms with E-state index in [4.69, 9.17) is 23.1 Å². The highest BCUT2D eigenvalue weighted by atomic mass is 35.5. The Bertz CT molecular complexity index is 1580. The van der Waals surface area contributed by atoms with Gasteiger partial charge in [0, 0.05) is 39.2 Å². The van der Waals surface area contributed by atoms with Crippen molar-refractivity contribution in [3.63, 3.8) is 0 Å².